The molecule has 5 nitrogen and oxygen atoms in total. The van der Waals surface area contributed by atoms with Crippen molar-refractivity contribution in [1.29, 1.82) is 0 Å². The Kier molecular flexibility index (Phi) is 7.39. The lowest BCUT2D eigenvalue weighted by atomic mass is 10.2. The van der Waals surface area contributed by atoms with Crippen molar-refractivity contribution < 1.29 is 9.59 Å². The highest BCUT2D eigenvalue weighted by atomic mass is 35.5. The fourth-order valence-corrected chi connectivity index (χ4v) is 3.59. The Bertz CT molecular complexity index is 1030. The summed E-state index contributed by atoms with van der Waals surface area (Å²) < 4.78 is 0. The molecule has 9 heteroatoms. The Hall–Kier alpha value is -2.25. The fourth-order valence-electron chi connectivity index (χ4n) is 2.28. The van der Waals surface area contributed by atoms with Crippen LogP contribution in [0.3, 0.4) is 0 Å². The van der Waals surface area contributed by atoms with E-state index in [9.17, 15) is 9.59 Å². The Morgan fingerprint density at radius 3 is 2.28 bits per heavy atom. The third-order valence-electron chi connectivity index (χ3n) is 3.65. The van der Waals surface area contributed by atoms with Crippen molar-refractivity contribution in [3.05, 3.63) is 81.4 Å². The van der Waals surface area contributed by atoms with Crippen LogP contribution in [0.2, 0.25) is 15.1 Å². The maximum Gasteiger partial charge on any atom is 0.257 e. The summed E-state index contributed by atoms with van der Waals surface area (Å²) in [6.45, 7) is 0. The smallest absolute Gasteiger partial charge is 0.257 e. The molecule has 0 radical (unpaired) electrons. The molecule has 0 aliphatic carbocycles. The molecule has 29 heavy (non-hydrogen) atoms. The summed E-state index contributed by atoms with van der Waals surface area (Å²) in [6.07, 6.45) is 1.47. The summed E-state index contributed by atoms with van der Waals surface area (Å²) >= 11 is 19.0. The highest BCUT2D eigenvalue weighted by Crippen LogP contribution is 2.24. The molecule has 2 amide bonds. The summed E-state index contributed by atoms with van der Waals surface area (Å²) in [5.74, 6) is 0.150. The Labute approximate surface area is 186 Å². The molecule has 0 bridgehead atoms. The number of amides is 2. The van der Waals surface area contributed by atoms with Crippen LogP contribution in [0.25, 0.3) is 0 Å². The first kappa shape index (κ1) is 21.5. The van der Waals surface area contributed by atoms with Gasteiger partial charge in [-0.15, -0.1) is 11.8 Å². The third kappa shape index (κ3) is 6.37. The maximum atomic E-state index is 12.3. The van der Waals surface area contributed by atoms with Gasteiger partial charge in [0.05, 0.1) is 21.4 Å². The number of hydrogen-bond acceptors (Lipinski definition) is 4. The van der Waals surface area contributed by atoms with Crippen LogP contribution in [0, 0.1) is 0 Å². The van der Waals surface area contributed by atoms with E-state index in [0.29, 0.717) is 27.1 Å². The van der Waals surface area contributed by atoms with Crippen LogP contribution in [-0.4, -0.2) is 22.6 Å². The molecule has 0 unspecified atom stereocenters. The van der Waals surface area contributed by atoms with E-state index < -0.39 is 0 Å². The topological polar surface area (TPSA) is 71.1 Å². The number of benzene rings is 2. The highest BCUT2D eigenvalue weighted by molar-refractivity contribution is 8.00. The first-order valence-electron chi connectivity index (χ1n) is 8.31. The van der Waals surface area contributed by atoms with E-state index in [1.807, 2.05) is 12.1 Å². The van der Waals surface area contributed by atoms with Crippen LogP contribution >= 0.6 is 46.6 Å². The number of thioether (sulfide) groups is 1. The molecule has 0 saturated heterocycles. The van der Waals surface area contributed by atoms with Gasteiger partial charge in [-0.05, 0) is 54.6 Å². The number of pyridine rings is 1. The summed E-state index contributed by atoms with van der Waals surface area (Å²) in [5, 5.41) is 6.71. The Morgan fingerprint density at radius 2 is 1.62 bits per heavy atom. The van der Waals surface area contributed by atoms with Gasteiger partial charge in [-0.3, -0.25) is 9.59 Å². The van der Waals surface area contributed by atoms with Crippen LogP contribution in [0.4, 0.5) is 11.5 Å². The lowest BCUT2D eigenvalue weighted by Crippen LogP contribution is -2.14. The lowest BCUT2D eigenvalue weighted by molar-refractivity contribution is -0.113. The van der Waals surface area contributed by atoms with Crippen LogP contribution in [0.5, 0.6) is 0 Å². The molecule has 0 saturated carbocycles. The Morgan fingerprint density at radius 1 is 0.897 bits per heavy atom. The number of anilines is 2. The summed E-state index contributed by atoms with van der Waals surface area (Å²) in [6, 6.07) is 15.1. The average Bonchev–Trinajstić information content (AvgIpc) is 2.69. The van der Waals surface area contributed by atoms with Gasteiger partial charge < -0.3 is 10.6 Å². The zero-order chi connectivity index (χ0) is 20.8. The molecule has 0 aliphatic rings. The van der Waals surface area contributed by atoms with Crippen molar-refractivity contribution in [2.24, 2.45) is 0 Å². The number of hydrogen-bond donors (Lipinski definition) is 2. The van der Waals surface area contributed by atoms with Crippen molar-refractivity contribution >= 4 is 69.9 Å². The van der Waals surface area contributed by atoms with E-state index in [2.05, 4.69) is 15.6 Å². The van der Waals surface area contributed by atoms with Crippen molar-refractivity contribution in [2.75, 3.05) is 16.4 Å². The molecule has 2 aromatic carbocycles. The van der Waals surface area contributed by atoms with E-state index >= 15 is 0 Å². The van der Waals surface area contributed by atoms with Gasteiger partial charge in [0.25, 0.3) is 5.91 Å². The minimum atomic E-state index is -0.332. The monoisotopic (exact) mass is 465 g/mol. The maximum absolute atomic E-state index is 12.3. The molecule has 0 fully saturated rings. The number of carbonyl (C=O) groups excluding carboxylic acids is 2. The highest BCUT2D eigenvalue weighted by Gasteiger charge is 2.11. The first-order chi connectivity index (χ1) is 13.9. The molecule has 0 aliphatic heterocycles. The normalized spacial score (nSPS) is 10.4. The first-order valence-corrected chi connectivity index (χ1v) is 10.4. The second kappa shape index (κ2) is 9.98. The van der Waals surface area contributed by atoms with Crippen molar-refractivity contribution in [3.8, 4) is 0 Å². The summed E-state index contributed by atoms with van der Waals surface area (Å²) in [7, 11) is 0. The molecule has 148 valence electrons. The molecule has 1 heterocycles. The van der Waals surface area contributed by atoms with Gasteiger partial charge in [-0.25, -0.2) is 4.98 Å². The number of rotatable bonds is 6. The van der Waals surface area contributed by atoms with Gasteiger partial charge in [0.1, 0.15) is 5.82 Å². The van der Waals surface area contributed by atoms with Gasteiger partial charge in [0, 0.05) is 21.8 Å². The standard InChI is InChI=1S/C20H14Cl3N3O2S/c21-12-1-7-16(17(23)9-12)20(28)25-14-3-5-15(6-4-14)29-11-19(27)26-18-8-2-13(22)10-24-18/h1-10H,11H2,(H,25,28)(H,24,26,27). The Balaban J connectivity index is 1.52. The van der Waals surface area contributed by atoms with Crippen molar-refractivity contribution in [1.82, 2.24) is 4.98 Å². The van der Waals surface area contributed by atoms with Crippen LogP contribution in [0.15, 0.2) is 65.7 Å². The predicted molar refractivity (Wildman–Crippen MR) is 119 cm³/mol. The zero-order valence-corrected chi connectivity index (χ0v) is 17.9. The van der Waals surface area contributed by atoms with Gasteiger partial charge >= 0.3 is 0 Å². The second-order valence-electron chi connectivity index (χ2n) is 5.80. The zero-order valence-electron chi connectivity index (χ0n) is 14.8. The molecular formula is C20H14Cl3N3O2S. The van der Waals surface area contributed by atoms with Crippen molar-refractivity contribution in [2.45, 2.75) is 4.90 Å². The predicted octanol–water partition coefficient (Wildman–Crippen LogP) is 6.02. The van der Waals surface area contributed by atoms with Crippen molar-refractivity contribution in [3.63, 3.8) is 0 Å². The average molecular weight is 467 g/mol. The molecule has 2 N–H and O–H groups in total. The lowest BCUT2D eigenvalue weighted by Gasteiger charge is -2.08. The van der Waals surface area contributed by atoms with Gasteiger partial charge in [0.15, 0.2) is 0 Å². The molecular weight excluding hydrogens is 453 g/mol. The largest absolute Gasteiger partial charge is 0.322 e. The molecule has 0 atom stereocenters. The van der Waals surface area contributed by atoms with Gasteiger partial charge in [0.2, 0.25) is 5.91 Å². The number of nitrogens with zero attached hydrogens (tertiary/aromatic N) is 1. The van der Waals surface area contributed by atoms with E-state index in [1.165, 1.54) is 24.0 Å². The number of nitrogens with one attached hydrogen (secondary N) is 2. The molecule has 3 rings (SSSR count). The van der Waals surface area contributed by atoms with Crippen LogP contribution in [-0.2, 0) is 4.79 Å². The SMILES string of the molecule is O=C(CSc1ccc(NC(=O)c2ccc(Cl)cc2Cl)cc1)Nc1ccc(Cl)cn1. The fraction of sp³-hybridized carbons (Fsp3) is 0.0500. The summed E-state index contributed by atoms with van der Waals surface area (Å²) in [4.78, 5) is 29.2. The minimum absolute atomic E-state index is 0.181. The number of halogens is 3. The quantitative estimate of drug-likeness (QED) is 0.435. The molecule has 3 aromatic rings. The molecule has 1 aromatic heterocycles. The second-order valence-corrected chi connectivity index (χ2v) is 8.13. The van der Waals surface area contributed by atoms with Gasteiger partial charge in [-0.2, -0.15) is 0 Å². The minimum Gasteiger partial charge on any atom is -0.322 e. The van der Waals surface area contributed by atoms with E-state index in [0.717, 1.165) is 4.90 Å². The number of carbonyl (C=O) groups is 2. The van der Waals surface area contributed by atoms with Gasteiger partial charge in [-0.1, -0.05) is 34.8 Å². The number of aromatic nitrogens is 1. The van der Waals surface area contributed by atoms with E-state index in [4.69, 9.17) is 34.8 Å². The van der Waals surface area contributed by atoms with E-state index in [1.54, 1.807) is 36.4 Å². The third-order valence-corrected chi connectivity index (χ3v) is 5.44. The van der Waals surface area contributed by atoms with Crippen LogP contribution in [0.1, 0.15) is 10.4 Å². The van der Waals surface area contributed by atoms with Crippen LogP contribution < -0.4 is 10.6 Å². The molecule has 0 spiro atoms. The van der Waals surface area contributed by atoms with E-state index in [-0.39, 0.29) is 22.6 Å². The summed E-state index contributed by atoms with van der Waals surface area (Å²) in [5.41, 5.74) is 0.946.